The molecule has 1 atom stereocenters. The van der Waals surface area contributed by atoms with E-state index in [-0.39, 0.29) is 18.5 Å². The van der Waals surface area contributed by atoms with Crippen LogP contribution in [0.3, 0.4) is 0 Å². The maximum Gasteiger partial charge on any atom is 0.329 e. The number of ether oxygens (including phenoxy) is 2. The van der Waals surface area contributed by atoms with Crippen LogP contribution in [-0.4, -0.2) is 36.0 Å². The van der Waals surface area contributed by atoms with Crippen LogP contribution in [0.15, 0.2) is 48.5 Å². The number of likely N-dealkylation sites (tertiary alicyclic amines) is 1. The van der Waals surface area contributed by atoms with Crippen LogP contribution in [0.4, 0.5) is 0 Å². The van der Waals surface area contributed by atoms with Gasteiger partial charge in [-0.15, -0.1) is 0 Å². The molecule has 2 aromatic carbocycles. The summed E-state index contributed by atoms with van der Waals surface area (Å²) < 4.78 is 11.1. The van der Waals surface area contributed by atoms with Gasteiger partial charge < -0.3 is 14.4 Å². The number of hydrogen-bond donors (Lipinski definition) is 0. The molecule has 1 unspecified atom stereocenters. The summed E-state index contributed by atoms with van der Waals surface area (Å²) in [5.74, 6) is -0.416. The second kappa shape index (κ2) is 8.57. The Labute approximate surface area is 165 Å². The van der Waals surface area contributed by atoms with Crippen molar-refractivity contribution in [3.63, 3.8) is 0 Å². The van der Waals surface area contributed by atoms with E-state index < -0.39 is 6.04 Å². The summed E-state index contributed by atoms with van der Waals surface area (Å²) >= 11 is 0. The van der Waals surface area contributed by atoms with Gasteiger partial charge in [0.25, 0.3) is 5.91 Å². The van der Waals surface area contributed by atoms with Crippen molar-refractivity contribution in [2.45, 2.75) is 44.9 Å². The molecule has 2 aromatic rings. The number of carbonyl (C=O) groups is 2. The van der Waals surface area contributed by atoms with Gasteiger partial charge in [0.2, 0.25) is 0 Å². The number of esters is 1. The van der Waals surface area contributed by atoms with Crippen molar-refractivity contribution in [3.8, 4) is 0 Å². The zero-order chi connectivity index (χ0) is 19.3. The molecule has 2 heterocycles. The molecule has 5 heteroatoms. The van der Waals surface area contributed by atoms with Crippen molar-refractivity contribution in [3.05, 3.63) is 70.8 Å². The lowest BCUT2D eigenvalue weighted by Crippen LogP contribution is -2.48. The molecular weight excluding hydrogens is 354 g/mol. The first-order valence-electron chi connectivity index (χ1n) is 9.93. The quantitative estimate of drug-likeness (QED) is 0.763. The highest BCUT2D eigenvalue weighted by Gasteiger charge is 2.33. The number of rotatable bonds is 4. The molecule has 0 spiro atoms. The summed E-state index contributed by atoms with van der Waals surface area (Å²) in [6, 6.07) is 14.7. The molecule has 2 aliphatic heterocycles. The highest BCUT2D eigenvalue weighted by Crippen LogP contribution is 2.22. The van der Waals surface area contributed by atoms with Gasteiger partial charge in [-0.05, 0) is 54.5 Å². The summed E-state index contributed by atoms with van der Waals surface area (Å²) in [5.41, 5.74) is 4.05. The van der Waals surface area contributed by atoms with Crippen molar-refractivity contribution >= 4 is 11.9 Å². The van der Waals surface area contributed by atoms with E-state index >= 15 is 0 Å². The highest BCUT2D eigenvalue weighted by molar-refractivity contribution is 5.96. The van der Waals surface area contributed by atoms with Crippen molar-refractivity contribution in [2.75, 3.05) is 13.2 Å². The van der Waals surface area contributed by atoms with Gasteiger partial charge >= 0.3 is 5.97 Å². The predicted octanol–water partition coefficient (Wildman–Crippen LogP) is 3.50. The summed E-state index contributed by atoms with van der Waals surface area (Å²) in [6.07, 6.45) is 3.38. The molecule has 5 nitrogen and oxygen atoms in total. The number of fused-ring (bicyclic) bond motifs is 1. The summed E-state index contributed by atoms with van der Waals surface area (Å²) in [5, 5.41) is 0. The number of piperidine rings is 1. The average molecular weight is 379 g/mol. The van der Waals surface area contributed by atoms with Crippen LogP contribution in [0.25, 0.3) is 0 Å². The van der Waals surface area contributed by atoms with Crippen LogP contribution >= 0.6 is 0 Å². The summed E-state index contributed by atoms with van der Waals surface area (Å²) in [7, 11) is 0. The fourth-order valence-electron chi connectivity index (χ4n) is 3.92. The maximum absolute atomic E-state index is 12.9. The van der Waals surface area contributed by atoms with Gasteiger partial charge in [-0.25, -0.2) is 4.79 Å². The number of amides is 1. The van der Waals surface area contributed by atoms with Gasteiger partial charge in [0, 0.05) is 12.1 Å². The van der Waals surface area contributed by atoms with Gasteiger partial charge in [-0.2, -0.15) is 0 Å². The Morgan fingerprint density at radius 3 is 2.79 bits per heavy atom. The van der Waals surface area contributed by atoms with Gasteiger partial charge in [0.05, 0.1) is 13.2 Å². The molecule has 4 rings (SSSR count). The van der Waals surface area contributed by atoms with Crippen LogP contribution in [0.5, 0.6) is 0 Å². The Balaban J connectivity index is 1.42. The normalized spacial score (nSPS) is 19.0. The molecule has 0 aromatic heterocycles. The van der Waals surface area contributed by atoms with Gasteiger partial charge in [-0.3, -0.25) is 4.79 Å². The van der Waals surface area contributed by atoms with Crippen molar-refractivity contribution < 1.29 is 19.1 Å². The minimum atomic E-state index is -0.507. The van der Waals surface area contributed by atoms with Gasteiger partial charge in [0.15, 0.2) is 0 Å². The van der Waals surface area contributed by atoms with Crippen LogP contribution in [0, 0.1) is 0 Å². The van der Waals surface area contributed by atoms with E-state index in [9.17, 15) is 9.59 Å². The molecule has 146 valence electrons. The lowest BCUT2D eigenvalue weighted by molar-refractivity contribution is -0.151. The third kappa shape index (κ3) is 4.09. The van der Waals surface area contributed by atoms with Gasteiger partial charge in [0.1, 0.15) is 12.6 Å². The monoisotopic (exact) mass is 379 g/mol. The minimum absolute atomic E-state index is 0.101. The summed E-state index contributed by atoms with van der Waals surface area (Å²) in [6.45, 7) is 2.20. The molecule has 0 N–H and O–H groups in total. The molecule has 28 heavy (non-hydrogen) atoms. The zero-order valence-corrected chi connectivity index (χ0v) is 15.9. The maximum atomic E-state index is 12.9. The van der Waals surface area contributed by atoms with E-state index in [2.05, 4.69) is 6.07 Å². The van der Waals surface area contributed by atoms with Crippen LogP contribution in [0.1, 0.15) is 46.3 Å². The minimum Gasteiger partial charge on any atom is -0.459 e. The Hall–Kier alpha value is -2.66. The Morgan fingerprint density at radius 1 is 1.07 bits per heavy atom. The van der Waals surface area contributed by atoms with Crippen LogP contribution < -0.4 is 0 Å². The summed E-state index contributed by atoms with van der Waals surface area (Å²) in [4.78, 5) is 27.3. The number of hydrogen-bond acceptors (Lipinski definition) is 4. The molecule has 0 aliphatic carbocycles. The highest BCUT2D eigenvalue weighted by atomic mass is 16.5. The number of benzene rings is 2. The Bertz CT molecular complexity index is 849. The second-order valence-corrected chi connectivity index (χ2v) is 7.39. The molecule has 1 saturated heterocycles. The number of carbonyl (C=O) groups excluding carboxylic acids is 2. The van der Waals surface area contributed by atoms with Crippen molar-refractivity contribution in [1.82, 2.24) is 4.90 Å². The number of nitrogens with zero attached hydrogens (tertiary/aromatic N) is 1. The second-order valence-electron chi connectivity index (χ2n) is 7.39. The molecule has 0 saturated carbocycles. The molecule has 1 fully saturated rings. The fraction of sp³-hybridized carbons (Fsp3) is 0.391. The van der Waals surface area contributed by atoms with Crippen LogP contribution in [0.2, 0.25) is 0 Å². The first-order valence-corrected chi connectivity index (χ1v) is 9.93. The van der Waals surface area contributed by atoms with Crippen LogP contribution in [-0.2, 0) is 33.9 Å². The fourth-order valence-corrected chi connectivity index (χ4v) is 3.92. The Kier molecular flexibility index (Phi) is 5.72. The smallest absolute Gasteiger partial charge is 0.329 e. The van der Waals surface area contributed by atoms with Crippen molar-refractivity contribution in [1.29, 1.82) is 0 Å². The molecule has 2 aliphatic rings. The molecule has 0 bridgehead atoms. The molecule has 0 radical (unpaired) electrons. The lowest BCUT2D eigenvalue weighted by Gasteiger charge is -2.34. The van der Waals surface area contributed by atoms with E-state index in [4.69, 9.17) is 9.47 Å². The Morgan fingerprint density at radius 2 is 1.93 bits per heavy atom. The van der Waals surface area contributed by atoms with Gasteiger partial charge in [-0.1, -0.05) is 36.4 Å². The standard InChI is InChI=1S/C23H25NO4/c25-22(18-6-2-1-3-7-18)24-12-5-4-8-21(24)23(26)28-15-17-9-10-20-16-27-13-11-19(20)14-17/h1-3,6-7,9-10,14,21H,4-5,8,11-13,15-16H2. The van der Waals surface area contributed by atoms with E-state index in [1.54, 1.807) is 17.0 Å². The first kappa shape index (κ1) is 18.7. The largest absolute Gasteiger partial charge is 0.459 e. The first-order chi connectivity index (χ1) is 13.7. The topological polar surface area (TPSA) is 55.8 Å². The van der Waals surface area contributed by atoms with E-state index in [0.717, 1.165) is 31.4 Å². The zero-order valence-electron chi connectivity index (χ0n) is 15.9. The predicted molar refractivity (Wildman–Crippen MR) is 105 cm³/mol. The molecule has 1 amide bonds. The SMILES string of the molecule is O=C(OCc1ccc2c(c1)CCOC2)C1CCCCN1C(=O)c1ccccc1. The average Bonchev–Trinajstić information content (AvgIpc) is 2.77. The lowest BCUT2D eigenvalue weighted by atomic mass is 10.00. The van der Waals surface area contributed by atoms with E-state index in [1.807, 2.05) is 30.3 Å². The molecular formula is C23H25NO4. The van der Waals surface area contributed by atoms with E-state index in [0.29, 0.717) is 25.1 Å². The third-order valence-electron chi connectivity index (χ3n) is 5.48. The third-order valence-corrected chi connectivity index (χ3v) is 5.48. The van der Waals surface area contributed by atoms with E-state index in [1.165, 1.54) is 11.1 Å². The van der Waals surface area contributed by atoms with Crippen molar-refractivity contribution in [2.24, 2.45) is 0 Å².